The minimum atomic E-state index is -3.52. The van der Waals surface area contributed by atoms with Gasteiger partial charge in [0.1, 0.15) is 5.75 Å². The quantitative estimate of drug-likeness (QED) is 0.879. The van der Waals surface area contributed by atoms with Crippen LogP contribution in [0.15, 0.2) is 29.2 Å². The maximum Gasteiger partial charge on any atom is 0.243 e. The normalized spacial score (nSPS) is 25.2. The van der Waals surface area contributed by atoms with Crippen molar-refractivity contribution in [3.63, 3.8) is 0 Å². The Kier molecular flexibility index (Phi) is 4.17. The minimum absolute atomic E-state index is 0.0278. The van der Waals surface area contributed by atoms with Crippen LogP contribution in [0, 0.1) is 0 Å². The number of hydrogen-bond donors (Lipinski definition) is 1. The van der Waals surface area contributed by atoms with Gasteiger partial charge in [-0.25, -0.2) is 8.42 Å². The molecule has 0 spiro atoms. The Morgan fingerprint density at radius 3 is 2.67 bits per heavy atom. The Labute approximate surface area is 125 Å². The fourth-order valence-electron chi connectivity index (χ4n) is 2.96. The van der Waals surface area contributed by atoms with Crippen molar-refractivity contribution in [1.82, 2.24) is 9.21 Å². The van der Waals surface area contributed by atoms with Crippen LogP contribution in [0.3, 0.4) is 0 Å². The summed E-state index contributed by atoms with van der Waals surface area (Å²) in [5.74, 6) is -0.0278. The third-order valence-corrected chi connectivity index (χ3v) is 6.00. The van der Waals surface area contributed by atoms with Crippen LogP contribution in [0.4, 0.5) is 0 Å². The summed E-state index contributed by atoms with van der Waals surface area (Å²) in [6.45, 7) is 4.21. The Morgan fingerprint density at radius 1 is 1.19 bits per heavy atom. The fraction of sp³-hybridized carbons (Fsp3) is 0.571. The first kappa shape index (κ1) is 14.8. The summed E-state index contributed by atoms with van der Waals surface area (Å²) < 4.78 is 32.0. The molecule has 1 N–H and O–H groups in total. The molecule has 2 saturated heterocycles. The van der Waals surface area contributed by atoms with E-state index in [4.69, 9.17) is 4.74 Å². The molecule has 0 saturated carbocycles. The van der Waals surface area contributed by atoms with E-state index in [1.807, 2.05) is 0 Å². The van der Waals surface area contributed by atoms with Gasteiger partial charge in [0.15, 0.2) is 0 Å². The van der Waals surface area contributed by atoms with E-state index in [0.717, 1.165) is 32.7 Å². The summed E-state index contributed by atoms with van der Waals surface area (Å²) in [6, 6.07) is 6.12. The average molecular weight is 312 g/mol. The first-order chi connectivity index (χ1) is 10.1. The summed E-state index contributed by atoms with van der Waals surface area (Å²) >= 11 is 0. The summed E-state index contributed by atoms with van der Waals surface area (Å²) in [5, 5.41) is 9.47. The second-order valence-electron chi connectivity index (χ2n) is 5.45. The molecule has 21 heavy (non-hydrogen) atoms. The number of ether oxygens (including phenoxy) is 1. The number of benzene rings is 1. The van der Waals surface area contributed by atoms with Gasteiger partial charge in [-0.15, -0.1) is 0 Å². The van der Waals surface area contributed by atoms with Gasteiger partial charge in [0.25, 0.3) is 0 Å². The van der Waals surface area contributed by atoms with E-state index in [0.29, 0.717) is 13.1 Å². The standard InChI is InChI=1S/C14H20N2O4S/c17-13-2-1-3-14(10-13)21(18,19)16-5-4-12(11-16)15-6-8-20-9-7-15/h1-3,10,12,17H,4-9,11H2. The van der Waals surface area contributed by atoms with Gasteiger partial charge in [0.2, 0.25) is 10.0 Å². The molecule has 1 unspecified atom stereocenters. The van der Waals surface area contributed by atoms with Crippen molar-refractivity contribution < 1.29 is 18.3 Å². The lowest BCUT2D eigenvalue weighted by Crippen LogP contribution is -2.45. The minimum Gasteiger partial charge on any atom is -0.508 e. The molecule has 1 atom stereocenters. The van der Waals surface area contributed by atoms with Crippen molar-refractivity contribution in [2.45, 2.75) is 17.4 Å². The second-order valence-corrected chi connectivity index (χ2v) is 7.39. The average Bonchev–Trinajstić information content (AvgIpc) is 2.99. The third kappa shape index (κ3) is 3.06. The van der Waals surface area contributed by atoms with Crippen molar-refractivity contribution in [1.29, 1.82) is 0 Å². The molecule has 0 amide bonds. The molecular weight excluding hydrogens is 292 g/mol. The zero-order valence-electron chi connectivity index (χ0n) is 11.8. The Morgan fingerprint density at radius 2 is 1.95 bits per heavy atom. The van der Waals surface area contributed by atoms with Crippen molar-refractivity contribution in [2.75, 3.05) is 39.4 Å². The molecule has 2 heterocycles. The highest BCUT2D eigenvalue weighted by atomic mass is 32.2. The molecular formula is C14H20N2O4S. The molecule has 116 valence electrons. The number of sulfonamides is 1. The lowest BCUT2D eigenvalue weighted by atomic mass is 10.2. The first-order valence-electron chi connectivity index (χ1n) is 7.18. The Bertz CT molecular complexity index is 599. The van der Waals surface area contributed by atoms with Crippen LogP contribution in [-0.4, -0.2) is 68.2 Å². The largest absolute Gasteiger partial charge is 0.508 e. The SMILES string of the molecule is O=S(=O)(c1cccc(O)c1)N1CCC(N2CCOCC2)C1. The Hall–Kier alpha value is -1.15. The van der Waals surface area contributed by atoms with E-state index in [1.165, 1.54) is 22.5 Å². The monoisotopic (exact) mass is 312 g/mol. The van der Waals surface area contributed by atoms with Gasteiger partial charge >= 0.3 is 0 Å². The molecule has 0 aliphatic carbocycles. The van der Waals surface area contributed by atoms with Gasteiger partial charge in [-0.3, -0.25) is 4.90 Å². The first-order valence-corrected chi connectivity index (χ1v) is 8.62. The highest BCUT2D eigenvalue weighted by Gasteiger charge is 2.35. The molecule has 3 rings (SSSR count). The van der Waals surface area contributed by atoms with Gasteiger partial charge in [-0.1, -0.05) is 6.07 Å². The van der Waals surface area contributed by atoms with Crippen molar-refractivity contribution >= 4 is 10.0 Å². The zero-order chi connectivity index (χ0) is 14.9. The molecule has 6 nitrogen and oxygen atoms in total. The Balaban J connectivity index is 1.72. The maximum absolute atomic E-state index is 12.6. The van der Waals surface area contributed by atoms with Gasteiger partial charge in [0, 0.05) is 32.2 Å². The smallest absolute Gasteiger partial charge is 0.243 e. The van der Waals surface area contributed by atoms with Gasteiger partial charge in [-0.05, 0) is 24.6 Å². The van der Waals surface area contributed by atoms with Gasteiger partial charge < -0.3 is 9.84 Å². The van der Waals surface area contributed by atoms with Gasteiger partial charge in [0.05, 0.1) is 18.1 Å². The number of phenolic OH excluding ortho intramolecular Hbond substituents is 1. The van der Waals surface area contributed by atoms with Crippen LogP contribution in [-0.2, 0) is 14.8 Å². The van der Waals surface area contributed by atoms with E-state index in [1.54, 1.807) is 6.07 Å². The van der Waals surface area contributed by atoms with Crippen LogP contribution >= 0.6 is 0 Å². The summed E-state index contributed by atoms with van der Waals surface area (Å²) in [7, 11) is -3.52. The van der Waals surface area contributed by atoms with Crippen molar-refractivity contribution in [3.05, 3.63) is 24.3 Å². The molecule has 7 heteroatoms. The molecule has 1 aromatic carbocycles. The zero-order valence-corrected chi connectivity index (χ0v) is 12.6. The third-order valence-electron chi connectivity index (χ3n) is 4.14. The fourth-order valence-corrected chi connectivity index (χ4v) is 4.50. The lowest BCUT2D eigenvalue weighted by molar-refractivity contribution is 0.0197. The molecule has 2 aliphatic rings. The van der Waals surface area contributed by atoms with Crippen molar-refractivity contribution in [3.8, 4) is 5.75 Å². The van der Waals surface area contributed by atoms with Crippen LogP contribution < -0.4 is 0 Å². The highest BCUT2D eigenvalue weighted by molar-refractivity contribution is 7.89. The predicted molar refractivity (Wildman–Crippen MR) is 77.7 cm³/mol. The molecule has 1 aromatic rings. The molecule has 0 radical (unpaired) electrons. The maximum atomic E-state index is 12.6. The van der Waals surface area contributed by atoms with E-state index in [-0.39, 0.29) is 16.7 Å². The van der Waals surface area contributed by atoms with E-state index in [9.17, 15) is 13.5 Å². The predicted octanol–water partition coefficient (Wildman–Crippen LogP) is 0.487. The topological polar surface area (TPSA) is 70.1 Å². The summed E-state index contributed by atoms with van der Waals surface area (Å²) in [4.78, 5) is 2.46. The lowest BCUT2D eigenvalue weighted by Gasteiger charge is -2.32. The number of aromatic hydroxyl groups is 1. The van der Waals surface area contributed by atoms with Crippen LogP contribution in [0.5, 0.6) is 5.75 Å². The summed E-state index contributed by atoms with van der Waals surface area (Å²) in [6.07, 6.45) is 0.845. The van der Waals surface area contributed by atoms with E-state index in [2.05, 4.69) is 4.90 Å². The van der Waals surface area contributed by atoms with E-state index < -0.39 is 10.0 Å². The second kappa shape index (κ2) is 5.92. The van der Waals surface area contributed by atoms with Crippen LogP contribution in [0.2, 0.25) is 0 Å². The molecule has 2 fully saturated rings. The van der Waals surface area contributed by atoms with Crippen molar-refractivity contribution in [2.24, 2.45) is 0 Å². The molecule has 2 aliphatic heterocycles. The van der Waals surface area contributed by atoms with Crippen LogP contribution in [0.25, 0.3) is 0 Å². The summed E-state index contributed by atoms with van der Waals surface area (Å²) in [5.41, 5.74) is 0. The molecule has 0 aromatic heterocycles. The van der Waals surface area contributed by atoms with Gasteiger partial charge in [-0.2, -0.15) is 4.31 Å². The number of nitrogens with zero attached hydrogens (tertiary/aromatic N) is 2. The van der Waals surface area contributed by atoms with Crippen LogP contribution in [0.1, 0.15) is 6.42 Å². The molecule has 0 bridgehead atoms. The number of phenols is 1. The van der Waals surface area contributed by atoms with E-state index >= 15 is 0 Å². The number of rotatable bonds is 3. The number of hydrogen-bond acceptors (Lipinski definition) is 5. The number of morpholine rings is 1. The highest BCUT2D eigenvalue weighted by Crippen LogP contribution is 2.25.